The van der Waals surface area contributed by atoms with Crippen LogP contribution in [-0.2, 0) is 0 Å². The summed E-state index contributed by atoms with van der Waals surface area (Å²) in [7, 11) is 0. The number of carbonyl (C=O) groups is 1. The number of nitriles is 1. The van der Waals surface area contributed by atoms with E-state index in [-0.39, 0.29) is 11.9 Å². The number of aryl methyl sites for hydroxylation is 3. The van der Waals surface area contributed by atoms with E-state index >= 15 is 0 Å². The first kappa shape index (κ1) is 13.6. The molecule has 100 valence electrons. The summed E-state index contributed by atoms with van der Waals surface area (Å²) in [6.07, 6.45) is 0. The Balaban J connectivity index is 2.36. The number of hydrogen-bond acceptors (Lipinski definition) is 3. The molecule has 1 atom stereocenters. The minimum atomic E-state index is -0.374. The summed E-state index contributed by atoms with van der Waals surface area (Å²) >= 11 is 0. The molecule has 1 N–H and O–H groups in total. The van der Waals surface area contributed by atoms with Crippen molar-refractivity contribution in [3.05, 3.63) is 34.4 Å². The predicted octanol–water partition coefficient (Wildman–Crippen LogP) is 1.55. The maximum Gasteiger partial charge on any atom is 0.255 e. The molecule has 0 saturated carbocycles. The summed E-state index contributed by atoms with van der Waals surface area (Å²) in [5.41, 5.74) is 3.87. The van der Waals surface area contributed by atoms with Crippen LogP contribution in [0.2, 0.25) is 0 Å². The Morgan fingerprint density at radius 3 is 2.58 bits per heavy atom. The van der Waals surface area contributed by atoms with Gasteiger partial charge in [-0.05, 0) is 31.9 Å². The van der Waals surface area contributed by atoms with Gasteiger partial charge in [0, 0.05) is 25.2 Å². The lowest BCUT2D eigenvalue weighted by Crippen LogP contribution is -2.53. The van der Waals surface area contributed by atoms with Gasteiger partial charge in [0.15, 0.2) is 0 Å². The normalized spacial score (nSPS) is 19.1. The lowest BCUT2D eigenvalue weighted by atomic mass is 9.98. The van der Waals surface area contributed by atoms with E-state index in [0.29, 0.717) is 13.1 Å². The number of nitrogens with zero attached hydrogens (tertiary/aromatic N) is 2. The average Bonchev–Trinajstić information content (AvgIpc) is 2.37. The highest BCUT2D eigenvalue weighted by Crippen LogP contribution is 2.20. The first-order valence-electron chi connectivity index (χ1n) is 6.53. The molecule has 1 amide bonds. The molecule has 4 heteroatoms. The highest BCUT2D eigenvalue weighted by molar-refractivity contribution is 5.97. The Morgan fingerprint density at radius 2 is 2.00 bits per heavy atom. The van der Waals surface area contributed by atoms with Crippen LogP contribution in [0.1, 0.15) is 27.0 Å². The van der Waals surface area contributed by atoms with Gasteiger partial charge in [0.25, 0.3) is 5.91 Å². The first-order chi connectivity index (χ1) is 9.04. The van der Waals surface area contributed by atoms with Crippen LogP contribution in [0, 0.1) is 32.1 Å². The SMILES string of the molecule is Cc1cc(C)c(C(=O)N2CCNCC2C#N)c(C)c1. The number of benzene rings is 1. The molecular weight excluding hydrogens is 238 g/mol. The second-order valence-electron chi connectivity index (χ2n) is 5.12. The minimum Gasteiger partial charge on any atom is -0.320 e. The van der Waals surface area contributed by atoms with E-state index in [0.717, 1.165) is 28.8 Å². The van der Waals surface area contributed by atoms with Crippen molar-refractivity contribution in [1.82, 2.24) is 10.2 Å². The van der Waals surface area contributed by atoms with Gasteiger partial charge in [-0.3, -0.25) is 4.79 Å². The van der Waals surface area contributed by atoms with Gasteiger partial charge in [0.05, 0.1) is 6.07 Å². The monoisotopic (exact) mass is 257 g/mol. The Labute approximate surface area is 114 Å². The van der Waals surface area contributed by atoms with Crippen molar-refractivity contribution in [2.24, 2.45) is 0 Å². The van der Waals surface area contributed by atoms with Crippen LogP contribution in [-0.4, -0.2) is 36.5 Å². The number of hydrogen-bond donors (Lipinski definition) is 1. The standard InChI is InChI=1S/C15H19N3O/c1-10-6-11(2)14(12(3)7-10)15(19)18-5-4-17-9-13(18)8-16/h6-7,13,17H,4-5,9H2,1-3H3. The van der Waals surface area contributed by atoms with Gasteiger partial charge in [-0.25, -0.2) is 0 Å². The number of rotatable bonds is 1. The fourth-order valence-corrected chi connectivity index (χ4v) is 2.72. The second-order valence-corrected chi connectivity index (χ2v) is 5.12. The van der Waals surface area contributed by atoms with Crippen LogP contribution in [0.3, 0.4) is 0 Å². The van der Waals surface area contributed by atoms with Crippen molar-refractivity contribution in [2.45, 2.75) is 26.8 Å². The average molecular weight is 257 g/mol. The van der Waals surface area contributed by atoms with Crippen LogP contribution in [0.5, 0.6) is 0 Å². The smallest absolute Gasteiger partial charge is 0.255 e. The van der Waals surface area contributed by atoms with Gasteiger partial charge in [-0.15, -0.1) is 0 Å². The molecule has 1 unspecified atom stereocenters. The molecular formula is C15H19N3O. The molecule has 0 aromatic heterocycles. The van der Waals surface area contributed by atoms with E-state index in [4.69, 9.17) is 5.26 Å². The molecule has 1 fully saturated rings. The Hall–Kier alpha value is -1.86. The molecule has 19 heavy (non-hydrogen) atoms. The Morgan fingerprint density at radius 1 is 1.37 bits per heavy atom. The summed E-state index contributed by atoms with van der Waals surface area (Å²) < 4.78 is 0. The van der Waals surface area contributed by atoms with Gasteiger partial charge in [0.1, 0.15) is 6.04 Å². The third-order valence-electron chi connectivity index (χ3n) is 3.54. The van der Waals surface area contributed by atoms with E-state index in [2.05, 4.69) is 11.4 Å². The van der Waals surface area contributed by atoms with Crippen LogP contribution in [0.15, 0.2) is 12.1 Å². The van der Waals surface area contributed by atoms with Gasteiger partial charge in [0.2, 0.25) is 0 Å². The van der Waals surface area contributed by atoms with E-state index in [1.54, 1.807) is 4.90 Å². The summed E-state index contributed by atoms with van der Waals surface area (Å²) in [6, 6.07) is 5.86. The van der Waals surface area contributed by atoms with Crippen molar-refractivity contribution in [2.75, 3.05) is 19.6 Å². The van der Waals surface area contributed by atoms with Crippen molar-refractivity contribution in [3.63, 3.8) is 0 Å². The van der Waals surface area contributed by atoms with Gasteiger partial charge >= 0.3 is 0 Å². The van der Waals surface area contributed by atoms with Crippen molar-refractivity contribution in [1.29, 1.82) is 5.26 Å². The third kappa shape index (κ3) is 2.61. The van der Waals surface area contributed by atoms with Crippen molar-refractivity contribution in [3.8, 4) is 6.07 Å². The molecule has 1 aromatic rings. The fraction of sp³-hybridized carbons (Fsp3) is 0.467. The first-order valence-corrected chi connectivity index (χ1v) is 6.53. The van der Waals surface area contributed by atoms with Gasteiger partial charge in [-0.2, -0.15) is 5.26 Å². The molecule has 0 radical (unpaired) electrons. The maximum atomic E-state index is 12.7. The molecule has 1 aliphatic rings. The molecule has 0 aliphatic carbocycles. The Bertz CT molecular complexity index is 522. The van der Waals surface area contributed by atoms with Crippen LogP contribution < -0.4 is 5.32 Å². The third-order valence-corrected chi connectivity index (χ3v) is 3.54. The van der Waals surface area contributed by atoms with E-state index in [1.165, 1.54) is 0 Å². The van der Waals surface area contributed by atoms with Crippen LogP contribution >= 0.6 is 0 Å². The van der Waals surface area contributed by atoms with E-state index in [1.807, 2.05) is 32.9 Å². The maximum absolute atomic E-state index is 12.7. The molecule has 1 heterocycles. The fourth-order valence-electron chi connectivity index (χ4n) is 2.72. The summed E-state index contributed by atoms with van der Waals surface area (Å²) in [5.74, 6) is -0.0250. The molecule has 0 spiro atoms. The van der Waals surface area contributed by atoms with Gasteiger partial charge < -0.3 is 10.2 Å². The van der Waals surface area contributed by atoms with Gasteiger partial charge in [-0.1, -0.05) is 17.7 Å². The second kappa shape index (κ2) is 5.41. The largest absolute Gasteiger partial charge is 0.320 e. The predicted molar refractivity (Wildman–Crippen MR) is 74.0 cm³/mol. The lowest BCUT2D eigenvalue weighted by Gasteiger charge is -2.32. The number of amides is 1. The summed E-state index contributed by atoms with van der Waals surface area (Å²) in [4.78, 5) is 14.4. The van der Waals surface area contributed by atoms with Crippen LogP contribution in [0.25, 0.3) is 0 Å². The quantitative estimate of drug-likeness (QED) is 0.830. The zero-order chi connectivity index (χ0) is 14.0. The highest BCUT2D eigenvalue weighted by atomic mass is 16.2. The summed E-state index contributed by atoms with van der Waals surface area (Å²) in [5, 5.41) is 12.3. The number of piperazine rings is 1. The molecule has 1 saturated heterocycles. The molecule has 1 aliphatic heterocycles. The van der Waals surface area contributed by atoms with Crippen molar-refractivity contribution >= 4 is 5.91 Å². The van der Waals surface area contributed by atoms with Crippen LogP contribution in [0.4, 0.5) is 0 Å². The lowest BCUT2D eigenvalue weighted by molar-refractivity contribution is 0.0685. The number of nitrogens with one attached hydrogen (secondary N) is 1. The number of carbonyl (C=O) groups excluding carboxylic acids is 1. The summed E-state index contributed by atoms with van der Waals surface area (Å²) in [6.45, 7) is 7.81. The molecule has 2 rings (SSSR count). The van der Waals surface area contributed by atoms with Crippen molar-refractivity contribution < 1.29 is 4.79 Å². The zero-order valence-corrected chi connectivity index (χ0v) is 11.7. The highest BCUT2D eigenvalue weighted by Gasteiger charge is 2.28. The van der Waals surface area contributed by atoms with E-state index < -0.39 is 0 Å². The molecule has 4 nitrogen and oxygen atoms in total. The van der Waals surface area contributed by atoms with E-state index in [9.17, 15) is 4.79 Å². The molecule has 0 bridgehead atoms. The molecule has 1 aromatic carbocycles. The topological polar surface area (TPSA) is 56.1 Å². The Kier molecular flexibility index (Phi) is 3.87. The zero-order valence-electron chi connectivity index (χ0n) is 11.7. The minimum absolute atomic E-state index is 0.0250.